The minimum atomic E-state index is -0.153. The molecule has 0 radical (unpaired) electrons. The van der Waals surface area contributed by atoms with Gasteiger partial charge in [-0.15, -0.1) is 10.2 Å². The third-order valence-corrected chi connectivity index (χ3v) is 5.55. The number of carbonyl (C=O) groups excluding carboxylic acids is 2. The number of amides is 2. The van der Waals surface area contributed by atoms with Crippen LogP contribution in [-0.2, 0) is 16.1 Å². The fraction of sp³-hybridized carbons (Fsp3) is 0.304. The van der Waals surface area contributed by atoms with E-state index in [0.717, 1.165) is 17.0 Å². The van der Waals surface area contributed by atoms with Crippen LogP contribution >= 0.6 is 11.8 Å². The van der Waals surface area contributed by atoms with Gasteiger partial charge in [-0.05, 0) is 38.1 Å². The normalized spacial score (nSPS) is 10.9. The van der Waals surface area contributed by atoms with Crippen molar-refractivity contribution in [2.24, 2.45) is 5.92 Å². The van der Waals surface area contributed by atoms with Gasteiger partial charge in [0.05, 0.1) is 5.75 Å². The van der Waals surface area contributed by atoms with Crippen LogP contribution in [0.15, 0.2) is 53.7 Å². The summed E-state index contributed by atoms with van der Waals surface area (Å²) in [6.45, 7) is 8.44. The highest BCUT2D eigenvalue weighted by Gasteiger charge is 2.15. The molecule has 3 aromatic rings. The van der Waals surface area contributed by atoms with Crippen LogP contribution in [0.1, 0.15) is 26.3 Å². The van der Waals surface area contributed by atoms with Gasteiger partial charge in [0.25, 0.3) is 0 Å². The van der Waals surface area contributed by atoms with E-state index in [1.54, 1.807) is 24.3 Å². The summed E-state index contributed by atoms with van der Waals surface area (Å²) in [5.74, 6) is 0.662. The van der Waals surface area contributed by atoms with Gasteiger partial charge in [-0.3, -0.25) is 9.59 Å². The molecule has 0 bridgehead atoms. The van der Waals surface area contributed by atoms with Crippen LogP contribution in [0.2, 0.25) is 0 Å². The van der Waals surface area contributed by atoms with Gasteiger partial charge in [0.2, 0.25) is 11.8 Å². The van der Waals surface area contributed by atoms with Gasteiger partial charge in [-0.25, -0.2) is 0 Å². The first kappa shape index (κ1) is 22.6. The molecule has 31 heavy (non-hydrogen) atoms. The Kier molecular flexibility index (Phi) is 7.46. The monoisotopic (exact) mass is 437 g/mol. The van der Waals surface area contributed by atoms with Gasteiger partial charge in [0.1, 0.15) is 0 Å². The number of aromatic nitrogens is 3. The van der Waals surface area contributed by atoms with Crippen molar-refractivity contribution in [2.75, 3.05) is 16.4 Å². The number of rotatable bonds is 8. The summed E-state index contributed by atoms with van der Waals surface area (Å²) in [5.41, 5.74) is 3.44. The highest BCUT2D eigenvalue weighted by molar-refractivity contribution is 7.99. The third kappa shape index (κ3) is 5.95. The number of thioether (sulfide) groups is 1. The molecule has 0 saturated carbocycles. The number of benzene rings is 2. The van der Waals surface area contributed by atoms with E-state index < -0.39 is 0 Å². The molecule has 0 saturated heterocycles. The molecule has 3 rings (SSSR count). The van der Waals surface area contributed by atoms with Crippen LogP contribution in [0.5, 0.6) is 0 Å². The van der Waals surface area contributed by atoms with Gasteiger partial charge in [0, 0.05) is 29.4 Å². The molecule has 162 valence electrons. The number of carbonyl (C=O) groups is 2. The summed E-state index contributed by atoms with van der Waals surface area (Å²) in [7, 11) is 0. The highest BCUT2D eigenvalue weighted by atomic mass is 32.2. The second-order valence-corrected chi connectivity index (χ2v) is 8.42. The van der Waals surface area contributed by atoms with Crippen molar-refractivity contribution in [2.45, 2.75) is 39.4 Å². The van der Waals surface area contributed by atoms with Crippen LogP contribution in [0.25, 0.3) is 11.4 Å². The van der Waals surface area contributed by atoms with Crippen molar-refractivity contribution >= 4 is 35.0 Å². The second-order valence-electron chi connectivity index (χ2n) is 7.48. The summed E-state index contributed by atoms with van der Waals surface area (Å²) in [6, 6.07) is 15.2. The summed E-state index contributed by atoms with van der Waals surface area (Å²) < 4.78 is 2.01. The van der Waals surface area contributed by atoms with Crippen LogP contribution in [0, 0.1) is 12.8 Å². The Bertz CT molecular complexity index is 1080. The van der Waals surface area contributed by atoms with Crippen molar-refractivity contribution in [3.05, 3.63) is 54.1 Å². The number of anilines is 2. The van der Waals surface area contributed by atoms with Crippen LogP contribution in [0.4, 0.5) is 11.4 Å². The van der Waals surface area contributed by atoms with Crippen molar-refractivity contribution in [1.82, 2.24) is 14.8 Å². The van der Waals surface area contributed by atoms with Crippen LogP contribution in [-0.4, -0.2) is 32.3 Å². The predicted molar refractivity (Wildman–Crippen MR) is 125 cm³/mol. The first-order valence-electron chi connectivity index (χ1n) is 10.2. The van der Waals surface area contributed by atoms with E-state index in [2.05, 4.69) is 26.9 Å². The van der Waals surface area contributed by atoms with Gasteiger partial charge >= 0.3 is 0 Å². The Labute approximate surface area is 186 Å². The molecule has 1 heterocycles. The Morgan fingerprint density at radius 1 is 1.03 bits per heavy atom. The lowest BCUT2D eigenvalue weighted by Crippen LogP contribution is -2.18. The number of aryl methyl sites for hydroxylation is 1. The molecule has 8 heteroatoms. The Hall–Kier alpha value is -3.13. The zero-order chi connectivity index (χ0) is 22.4. The molecular weight excluding hydrogens is 410 g/mol. The molecule has 2 amide bonds. The lowest BCUT2D eigenvalue weighted by molar-refractivity contribution is -0.119. The maximum atomic E-state index is 12.5. The van der Waals surface area contributed by atoms with Crippen LogP contribution < -0.4 is 10.6 Å². The molecule has 0 fully saturated rings. The minimum Gasteiger partial charge on any atom is -0.326 e. The summed E-state index contributed by atoms with van der Waals surface area (Å²) in [6.07, 6.45) is 0. The van der Waals surface area contributed by atoms with Crippen LogP contribution in [0.3, 0.4) is 0 Å². The molecule has 0 atom stereocenters. The molecule has 2 N–H and O–H groups in total. The first-order valence-corrected chi connectivity index (χ1v) is 11.2. The smallest absolute Gasteiger partial charge is 0.234 e. The topological polar surface area (TPSA) is 88.9 Å². The lowest BCUT2D eigenvalue weighted by atomic mass is 10.1. The van der Waals surface area contributed by atoms with Gasteiger partial charge in [-0.2, -0.15) is 0 Å². The third-order valence-electron chi connectivity index (χ3n) is 4.58. The highest BCUT2D eigenvalue weighted by Crippen LogP contribution is 2.25. The molecule has 0 aliphatic rings. The number of hydrogen-bond donors (Lipinski definition) is 2. The standard InChI is InChI=1S/C23H27N5O2S/c1-5-28-21(17-9-6-8-16(4)12-17)26-27-23(28)31-14-20(29)24-18-10-7-11-19(13-18)25-22(30)15(2)3/h6-13,15H,5,14H2,1-4H3,(H,24,29)(H,25,30). The fourth-order valence-corrected chi connectivity index (χ4v) is 3.77. The Balaban J connectivity index is 1.63. The largest absolute Gasteiger partial charge is 0.326 e. The van der Waals surface area contributed by atoms with E-state index in [9.17, 15) is 9.59 Å². The van der Waals surface area contributed by atoms with Gasteiger partial charge in [0.15, 0.2) is 11.0 Å². The average Bonchev–Trinajstić information content (AvgIpc) is 3.15. The number of hydrogen-bond acceptors (Lipinski definition) is 5. The van der Waals surface area contributed by atoms with E-state index in [1.165, 1.54) is 11.8 Å². The van der Waals surface area contributed by atoms with E-state index in [0.29, 0.717) is 23.1 Å². The fourth-order valence-electron chi connectivity index (χ4n) is 2.97. The van der Waals surface area contributed by atoms with E-state index in [1.807, 2.05) is 50.5 Å². The summed E-state index contributed by atoms with van der Waals surface area (Å²) in [4.78, 5) is 24.3. The quantitative estimate of drug-likeness (QED) is 0.503. The zero-order valence-corrected chi connectivity index (χ0v) is 19.0. The van der Waals surface area contributed by atoms with Gasteiger partial charge in [-0.1, -0.05) is 55.4 Å². The number of nitrogens with zero attached hydrogens (tertiary/aromatic N) is 3. The zero-order valence-electron chi connectivity index (χ0n) is 18.2. The van der Waals surface area contributed by atoms with Gasteiger partial charge < -0.3 is 15.2 Å². The maximum Gasteiger partial charge on any atom is 0.234 e. The molecule has 2 aromatic carbocycles. The van der Waals surface area contributed by atoms with Crippen molar-refractivity contribution in [1.29, 1.82) is 0 Å². The Morgan fingerprint density at radius 3 is 2.42 bits per heavy atom. The molecule has 0 spiro atoms. The molecule has 1 aromatic heterocycles. The Morgan fingerprint density at radius 2 is 1.74 bits per heavy atom. The summed E-state index contributed by atoms with van der Waals surface area (Å²) in [5, 5.41) is 15.0. The minimum absolute atomic E-state index is 0.0673. The predicted octanol–water partition coefficient (Wildman–Crippen LogP) is 4.60. The molecule has 0 aliphatic heterocycles. The van der Waals surface area contributed by atoms with E-state index in [4.69, 9.17) is 0 Å². The van der Waals surface area contributed by atoms with Crippen molar-refractivity contribution in [3.63, 3.8) is 0 Å². The summed E-state index contributed by atoms with van der Waals surface area (Å²) >= 11 is 1.35. The first-order chi connectivity index (χ1) is 14.9. The molecule has 0 unspecified atom stereocenters. The maximum absolute atomic E-state index is 12.5. The van der Waals surface area contributed by atoms with Crippen molar-refractivity contribution in [3.8, 4) is 11.4 Å². The number of nitrogens with one attached hydrogen (secondary N) is 2. The van der Waals surface area contributed by atoms with E-state index in [-0.39, 0.29) is 23.5 Å². The average molecular weight is 438 g/mol. The van der Waals surface area contributed by atoms with Crippen molar-refractivity contribution < 1.29 is 9.59 Å². The molecule has 7 nitrogen and oxygen atoms in total. The van der Waals surface area contributed by atoms with E-state index >= 15 is 0 Å². The molecule has 0 aliphatic carbocycles. The lowest BCUT2D eigenvalue weighted by Gasteiger charge is -2.10. The SMILES string of the molecule is CCn1c(SCC(=O)Nc2cccc(NC(=O)C(C)C)c2)nnc1-c1cccc(C)c1. The molecular formula is C23H27N5O2S. The second kappa shape index (κ2) is 10.3.